The van der Waals surface area contributed by atoms with Gasteiger partial charge in [-0.3, -0.25) is 9.59 Å². The topological polar surface area (TPSA) is 93.2 Å². The van der Waals surface area contributed by atoms with Crippen LogP contribution < -0.4 is 16.0 Å². The van der Waals surface area contributed by atoms with E-state index in [0.717, 1.165) is 35.9 Å². The molecular weight excluding hydrogens is 469 g/mol. The predicted molar refractivity (Wildman–Crippen MR) is 134 cm³/mol. The molecule has 2 aromatic carbocycles. The van der Waals surface area contributed by atoms with E-state index < -0.39 is 11.5 Å². The number of aryl methyl sites for hydroxylation is 1. The molecule has 2 aliphatic rings. The van der Waals surface area contributed by atoms with Crippen molar-refractivity contribution in [3.05, 3.63) is 58.6 Å². The van der Waals surface area contributed by atoms with Crippen LogP contribution in [0.15, 0.2) is 36.4 Å². The van der Waals surface area contributed by atoms with Gasteiger partial charge >= 0.3 is 0 Å². The van der Waals surface area contributed by atoms with Crippen molar-refractivity contribution in [1.82, 2.24) is 14.9 Å². The Hall–Kier alpha value is -2.97. The fraction of sp³-hybridized carbons (Fsp3) is 0.423. The maximum atomic E-state index is 14.1. The van der Waals surface area contributed by atoms with E-state index in [0.29, 0.717) is 29.6 Å². The van der Waals surface area contributed by atoms with Crippen LogP contribution in [-0.2, 0) is 28.1 Å². The fourth-order valence-corrected chi connectivity index (χ4v) is 5.37. The SMILES string of the molecule is CC(C)[C@H](NCCCn1c(CN2C(=O)C3(CC3)c3ccc(F)cc32)nc2cc(Cl)ccc21)C(N)=O. The van der Waals surface area contributed by atoms with Crippen LogP contribution in [0.3, 0.4) is 0 Å². The van der Waals surface area contributed by atoms with Crippen molar-refractivity contribution in [1.29, 1.82) is 0 Å². The molecule has 2 amide bonds. The van der Waals surface area contributed by atoms with Gasteiger partial charge in [0.15, 0.2) is 0 Å². The van der Waals surface area contributed by atoms with Crippen molar-refractivity contribution in [2.45, 2.75) is 57.7 Å². The van der Waals surface area contributed by atoms with Gasteiger partial charge in [-0.15, -0.1) is 0 Å². The standard InChI is InChI=1S/C26H29ClFN5O2/c1-15(2)23(24(29)34)30-10-3-11-32-20-7-4-16(27)12-19(20)31-22(32)14-33-21-13-17(28)5-6-18(21)26(8-9-26)25(33)35/h4-7,12-13,15,23,30H,3,8-11,14H2,1-2H3,(H2,29,34)/t23-/m0/s1. The molecule has 1 aliphatic carbocycles. The first kappa shape index (κ1) is 23.8. The fourth-order valence-electron chi connectivity index (χ4n) is 5.20. The van der Waals surface area contributed by atoms with Crippen LogP contribution in [-0.4, -0.2) is 34.0 Å². The number of nitrogens with two attached hydrogens (primary N) is 1. The molecule has 0 bridgehead atoms. The number of fused-ring (bicyclic) bond motifs is 3. The highest BCUT2D eigenvalue weighted by Crippen LogP contribution is 2.57. The van der Waals surface area contributed by atoms with Crippen molar-refractivity contribution in [2.75, 3.05) is 11.4 Å². The van der Waals surface area contributed by atoms with E-state index in [1.54, 1.807) is 17.0 Å². The first-order valence-corrected chi connectivity index (χ1v) is 12.4. The molecule has 1 aliphatic heterocycles. The van der Waals surface area contributed by atoms with Crippen molar-refractivity contribution < 1.29 is 14.0 Å². The van der Waals surface area contributed by atoms with Crippen LogP contribution in [0, 0.1) is 11.7 Å². The number of amides is 2. The monoisotopic (exact) mass is 497 g/mol. The highest BCUT2D eigenvalue weighted by molar-refractivity contribution is 6.31. The van der Waals surface area contributed by atoms with Crippen molar-refractivity contribution in [3.8, 4) is 0 Å². The molecule has 0 saturated heterocycles. The summed E-state index contributed by atoms with van der Waals surface area (Å²) in [5, 5.41) is 3.82. The van der Waals surface area contributed by atoms with E-state index in [1.807, 2.05) is 26.0 Å². The van der Waals surface area contributed by atoms with Gasteiger partial charge in [-0.2, -0.15) is 0 Å². The summed E-state index contributed by atoms with van der Waals surface area (Å²) in [6, 6.07) is 9.77. The molecule has 1 aromatic heterocycles. The molecule has 1 saturated carbocycles. The van der Waals surface area contributed by atoms with Gasteiger partial charge in [0.1, 0.15) is 11.6 Å². The van der Waals surface area contributed by atoms with E-state index in [9.17, 15) is 14.0 Å². The molecule has 1 spiro atoms. The Kier molecular flexibility index (Phi) is 6.05. The van der Waals surface area contributed by atoms with Gasteiger partial charge in [-0.05, 0) is 67.6 Å². The number of carbonyl (C=O) groups excluding carboxylic acids is 2. The number of aromatic nitrogens is 2. The average Bonchev–Trinajstić information content (AvgIpc) is 3.49. The lowest BCUT2D eigenvalue weighted by Gasteiger charge is -2.20. The molecule has 9 heteroatoms. The second kappa shape index (κ2) is 8.91. The molecule has 1 atom stereocenters. The van der Waals surface area contributed by atoms with Gasteiger partial charge in [-0.25, -0.2) is 9.37 Å². The van der Waals surface area contributed by atoms with Crippen LogP contribution in [0.2, 0.25) is 5.02 Å². The molecule has 2 heterocycles. The third kappa shape index (κ3) is 4.19. The van der Waals surface area contributed by atoms with Crippen LogP contribution in [0.1, 0.15) is 44.5 Å². The predicted octanol–water partition coefficient (Wildman–Crippen LogP) is 3.90. The molecule has 7 nitrogen and oxygen atoms in total. The molecule has 1 fully saturated rings. The Bertz CT molecular complexity index is 1320. The summed E-state index contributed by atoms with van der Waals surface area (Å²) in [5.41, 5.74) is 8.20. The first-order chi connectivity index (χ1) is 16.7. The zero-order valence-electron chi connectivity index (χ0n) is 19.9. The quantitative estimate of drug-likeness (QED) is 0.438. The van der Waals surface area contributed by atoms with Gasteiger partial charge in [0, 0.05) is 11.6 Å². The van der Waals surface area contributed by atoms with E-state index in [4.69, 9.17) is 22.3 Å². The lowest BCUT2D eigenvalue weighted by atomic mass is 9.98. The lowest BCUT2D eigenvalue weighted by molar-refractivity contribution is -0.121. The number of hydrogen-bond acceptors (Lipinski definition) is 4. The minimum Gasteiger partial charge on any atom is -0.368 e. The molecule has 0 radical (unpaired) electrons. The van der Waals surface area contributed by atoms with Crippen molar-refractivity contribution in [3.63, 3.8) is 0 Å². The van der Waals surface area contributed by atoms with E-state index >= 15 is 0 Å². The second-order valence-corrected chi connectivity index (χ2v) is 10.3. The molecule has 5 rings (SSSR count). The number of benzene rings is 2. The highest BCUT2D eigenvalue weighted by Gasteiger charge is 2.59. The van der Waals surface area contributed by atoms with Crippen LogP contribution in [0.5, 0.6) is 0 Å². The summed E-state index contributed by atoms with van der Waals surface area (Å²) in [6.45, 7) is 5.36. The summed E-state index contributed by atoms with van der Waals surface area (Å²) in [4.78, 5) is 31.6. The summed E-state index contributed by atoms with van der Waals surface area (Å²) < 4.78 is 16.2. The van der Waals surface area contributed by atoms with Crippen LogP contribution >= 0.6 is 11.6 Å². The number of carbonyl (C=O) groups is 2. The first-order valence-electron chi connectivity index (χ1n) is 12.0. The maximum Gasteiger partial charge on any atom is 0.238 e. The average molecular weight is 498 g/mol. The highest BCUT2D eigenvalue weighted by atomic mass is 35.5. The van der Waals surface area contributed by atoms with Crippen LogP contribution in [0.25, 0.3) is 11.0 Å². The summed E-state index contributed by atoms with van der Waals surface area (Å²) >= 11 is 6.22. The van der Waals surface area contributed by atoms with Gasteiger partial charge in [0.05, 0.1) is 34.7 Å². The van der Waals surface area contributed by atoms with Crippen LogP contribution in [0.4, 0.5) is 10.1 Å². The minimum absolute atomic E-state index is 0.0117. The number of nitrogens with one attached hydrogen (secondary N) is 1. The van der Waals surface area contributed by atoms with Gasteiger partial charge in [-0.1, -0.05) is 31.5 Å². The zero-order chi connectivity index (χ0) is 24.9. The Morgan fingerprint density at radius 3 is 2.71 bits per heavy atom. The van der Waals surface area contributed by atoms with E-state index in [1.165, 1.54) is 12.1 Å². The molecule has 184 valence electrons. The maximum absolute atomic E-state index is 14.1. The number of imidazole rings is 1. The second-order valence-electron chi connectivity index (χ2n) is 9.88. The Morgan fingerprint density at radius 2 is 2.03 bits per heavy atom. The zero-order valence-corrected chi connectivity index (χ0v) is 20.6. The Labute approximate surface area is 208 Å². The van der Waals surface area contributed by atoms with E-state index in [-0.39, 0.29) is 30.1 Å². The normalized spacial score (nSPS) is 16.9. The number of hydrogen-bond donors (Lipinski definition) is 2. The number of rotatable bonds is 9. The summed E-state index contributed by atoms with van der Waals surface area (Å²) in [7, 11) is 0. The Balaban J connectivity index is 1.42. The number of anilines is 1. The Morgan fingerprint density at radius 1 is 1.26 bits per heavy atom. The van der Waals surface area contributed by atoms with Crippen molar-refractivity contribution >= 4 is 40.1 Å². The third-order valence-electron chi connectivity index (χ3n) is 7.16. The number of halogens is 2. The van der Waals surface area contributed by atoms with Gasteiger partial charge < -0.3 is 20.5 Å². The minimum atomic E-state index is -0.506. The summed E-state index contributed by atoms with van der Waals surface area (Å²) in [6.07, 6.45) is 2.30. The van der Waals surface area contributed by atoms with Gasteiger partial charge in [0.2, 0.25) is 11.8 Å². The molecule has 3 aromatic rings. The summed E-state index contributed by atoms with van der Waals surface area (Å²) in [5.74, 6) is 0.0859. The molecular formula is C26H29ClFN5O2. The molecule has 0 unspecified atom stereocenters. The largest absolute Gasteiger partial charge is 0.368 e. The van der Waals surface area contributed by atoms with Crippen molar-refractivity contribution in [2.24, 2.45) is 11.7 Å². The third-order valence-corrected chi connectivity index (χ3v) is 7.39. The number of nitrogens with zero attached hydrogens (tertiary/aromatic N) is 3. The smallest absolute Gasteiger partial charge is 0.238 e. The molecule has 35 heavy (non-hydrogen) atoms. The van der Waals surface area contributed by atoms with E-state index in [2.05, 4.69) is 9.88 Å². The van der Waals surface area contributed by atoms with Gasteiger partial charge in [0.25, 0.3) is 0 Å². The number of primary amides is 1. The lowest BCUT2D eigenvalue weighted by Crippen LogP contribution is -2.45. The molecule has 3 N–H and O–H groups in total.